The molecule has 18 heavy (non-hydrogen) atoms. The topological polar surface area (TPSA) is 29.3 Å². The highest BCUT2D eigenvalue weighted by Gasteiger charge is 2.17. The molecule has 2 atom stereocenters. The molecule has 0 N–H and O–H groups in total. The van der Waals surface area contributed by atoms with Gasteiger partial charge in [-0.15, -0.1) is 0 Å². The van der Waals surface area contributed by atoms with Crippen LogP contribution < -0.4 is 4.90 Å². The minimum Gasteiger partial charge on any atom is -0.347 e. The minimum atomic E-state index is 0.557. The first-order valence-electron chi connectivity index (χ1n) is 7.22. The summed E-state index contributed by atoms with van der Waals surface area (Å²) in [7, 11) is 3.97. The maximum atomic E-state index is 5.36. The molecular formula is C15H28N2O. The van der Waals surface area contributed by atoms with Crippen LogP contribution in [0.4, 0.5) is 5.88 Å². The lowest BCUT2D eigenvalue weighted by Gasteiger charge is -2.15. The highest BCUT2D eigenvalue weighted by molar-refractivity contribution is 5.34. The standard InChI is InChI=1S/C15H28N2O/c1-6-8-13(10-9-12(3)7-2)14-11-15(17(4)5)18-16-14/h11-13H,6-10H2,1-5H3. The maximum absolute atomic E-state index is 5.36. The smallest absolute Gasteiger partial charge is 0.226 e. The van der Waals surface area contributed by atoms with E-state index in [0.717, 1.165) is 17.5 Å². The number of hydrogen-bond acceptors (Lipinski definition) is 3. The van der Waals surface area contributed by atoms with Crippen molar-refractivity contribution in [2.24, 2.45) is 5.92 Å². The van der Waals surface area contributed by atoms with E-state index in [0.29, 0.717) is 5.92 Å². The van der Waals surface area contributed by atoms with E-state index in [-0.39, 0.29) is 0 Å². The van der Waals surface area contributed by atoms with Crippen molar-refractivity contribution in [1.29, 1.82) is 0 Å². The highest BCUT2D eigenvalue weighted by atomic mass is 16.5. The van der Waals surface area contributed by atoms with Gasteiger partial charge in [0.2, 0.25) is 5.88 Å². The molecule has 3 nitrogen and oxygen atoms in total. The first kappa shape index (κ1) is 15.1. The Balaban J connectivity index is 2.64. The molecule has 0 radical (unpaired) electrons. The summed E-state index contributed by atoms with van der Waals surface area (Å²) in [6.07, 6.45) is 6.18. The average Bonchev–Trinajstić information content (AvgIpc) is 2.83. The first-order chi connectivity index (χ1) is 8.58. The predicted molar refractivity (Wildman–Crippen MR) is 77.2 cm³/mol. The van der Waals surface area contributed by atoms with Crippen LogP contribution in [0.2, 0.25) is 0 Å². The quantitative estimate of drug-likeness (QED) is 0.684. The molecule has 1 aromatic rings. The summed E-state index contributed by atoms with van der Waals surface area (Å²) in [5.41, 5.74) is 1.13. The molecule has 1 aromatic heterocycles. The maximum Gasteiger partial charge on any atom is 0.226 e. The van der Waals surface area contributed by atoms with Crippen LogP contribution in [-0.2, 0) is 0 Å². The van der Waals surface area contributed by atoms with E-state index in [1.807, 2.05) is 19.0 Å². The predicted octanol–water partition coefficient (Wildman–Crippen LogP) is 4.45. The zero-order chi connectivity index (χ0) is 13.5. The van der Waals surface area contributed by atoms with Crippen LogP contribution in [0, 0.1) is 5.92 Å². The zero-order valence-corrected chi connectivity index (χ0v) is 12.6. The molecule has 1 heterocycles. The largest absolute Gasteiger partial charge is 0.347 e. The second-order valence-corrected chi connectivity index (χ2v) is 5.56. The van der Waals surface area contributed by atoms with Gasteiger partial charge in [0, 0.05) is 26.1 Å². The van der Waals surface area contributed by atoms with Gasteiger partial charge in [-0.25, -0.2) is 0 Å². The lowest BCUT2D eigenvalue weighted by molar-refractivity contribution is 0.389. The molecule has 3 heteroatoms. The summed E-state index contributed by atoms with van der Waals surface area (Å²) in [5.74, 6) is 2.22. The Hall–Kier alpha value is -0.990. The van der Waals surface area contributed by atoms with Gasteiger partial charge >= 0.3 is 0 Å². The third-order valence-corrected chi connectivity index (χ3v) is 3.72. The van der Waals surface area contributed by atoms with Gasteiger partial charge in [0.1, 0.15) is 0 Å². The Morgan fingerprint density at radius 3 is 2.44 bits per heavy atom. The van der Waals surface area contributed by atoms with Crippen LogP contribution in [-0.4, -0.2) is 19.3 Å². The van der Waals surface area contributed by atoms with E-state index in [1.54, 1.807) is 0 Å². The average molecular weight is 252 g/mol. The number of aromatic nitrogens is 1. The van der Waals surface area contributed by atoms with Crippen LogP contribution in [0.5, 0.6) is 0 Å². The Kier molecular flexibility index (Phi) is 6.23. The molecular weight excluding hydrogens is 224 g/mol. The second-order valence-electron chi connectivity index (χ2n) is 5.56. The van der Waals surface area contributed by atoms with E-state index >= 15 is 0 Å². The lowest BCUT2D eigenvalue weighted by atomic mass is 9.90. The van der Waals surface area contributed by atoms with Crippen LogP contribution in [0.25, 0.3) is 0 Å². The molecule has 0 saturated carbocycles. The van der Waals surface area contributed by atoms with E-state index in [2.05, 4.69) is 32.0 Å². The van der Waals surface area contributed by atoms with Gasteiger partial charge in [-0.05, 0) is 18.8 Å². The fourth-order valence-corrected chi connectivity index (χ4v) is 2.16. The molecule has 0 spiro atoms. The van der Waals surface area contributed by atoms with E-state index < -0.39 is 0 Å². The van der Waals surface area contributed by atoms with E-state index in [1.165, 1.54) is 32.1 Å². The number of hydrogen-bond donors (Lipinski definition) is 0. The van der Waals surface area contributed by atoms with Crippen molar-refractivity contribution >= 4 is 5.88 Å². The fraction of sp³-hybridized carbons (Fsp3) is 0.800. The van der Waals surface area contributed by atoms with Crippen molar-refractivity contribution in [3.05, 3.63) is 11.8 Å². The minimum absolute atomic E-state index is 0.557. The van der Waals surface area contributed by atoms with Gasteiger partial charge in [0.05, 0.1) is 5.69 Å². The Morgan fingerprint density at radius 2 is 1.94 bits per heavy atom. The van der Waals surface area contributed by atoms with E-state index in [9.17, 15) is 0 Å². The highest BCUT2D eigenvalue weighted by Crippen LogP contribution is 2.29. The van der Waals surface area contributed by atoms with Crippen molar-refractivity contribution in [2.45, 2.75) is 58.8 Å². The Morgan fingerprint density at radius 1 is 1.22 bits per heavy atom. The van der Waals surface area contributed by atoms with Crippen molar-refractivity contribution in [2.75, 3.05) is 19.0 Å². The zero-order valence-electron chi connectivity index (χ0n) is 12.6. The summed E-state index contributed by atoms with van der Waals surface area (Å²) < 4.78 is 5.36. The molecule has 0 fully saturated rings. The molecule has 104 valence electrons. The second kappa shape index (κ2) is 7.45. The monoisotopic (exact) mass is 252 g/mol. The van der Waals surface area contributed by atoms with Gasteiger partial charge in [-0.1, -0.05) is 45.2 Å². The number of nitrogens with zero attached hydrogens (tertiary/aromatic N) is 2. The third kappa shape index (κ3) is 4.35. The van der Waals surface area contributed by atoms with Gasteiger partial charge in [-0.3, -0.25) is 0 Å². The normalized spacial score (nSPS) is 14.5. The van der Waals surface area contributed by atoms with Crippen LogP contribution in [0.3, 0.4) is 0 Å². The number of rotatable bonds is 8. The molecule has 0 bridgehead atoms. The van der Waals surface area contributed by atoms with Crippen molar-refractivity contribution in [3.63, 3.8) is 0 Å². The van der Waals surface area contributed by atoms with Gasteiger partial charge in [0.15, 0.2) is 0 Å². The fourth-order valence-electron chi connectivity index (χ4n) is 2.16. The third-order valence-electron chi connectivity index (χ3n) is 3.72. The SMILES string of the molecule is CCCC(CCC(C)CC)c1cc(N(C)C)on1. The summed E-state index contributed by atoms with van der Waals surface area (Å²) in [4.78, 5) is 1.97. The van der Waals surface area contributed by atoms with Gasteiger partial charge in [-0.2, -0.15) is 0 Å². The lowest BCUT2D eigenvalue weighted by Crippen LogP contribution is -2.07. The Bertz CT molecular complexity index is 333. The summed E-state index contributed by atoms with van der Waals surface area (Å²) in [6, 6.07) is 2.09. The Labute approximate surface area is 112 Å². The van der Waals surface area contributed by atoms with Gasteiger partial charge in [0.25, 0.3) is 0 Å². The summed E-state index contributed by atoms with van der Waals surface area (Å²) >= 11 is 0. The molecule has 0 saturated heterocycles. The summed E-state index contributed by atoms with van der Waals surface area (Å²) in [5, 5.41) is 4.24. The molecule has 0 amide bonds. The molecule has 0 aromatic carbocycles. The van der Waals surface area contributed by atoms with Crippen LogP contribution >= 0.6 is 0 Å². The van der Waals surface area contributed by atoms with Crippen molar-refractivity contribution in [3.8, 4) is 0 Å². The van der Waals surface area contributed by atoms with Crippen LogP contribution in [0.1, 0.15) is 64.5 Å². The molecule has 0 aliphatic heterocycles. The summed E-state index contributed by atoms with van der Waals surface area (Å²) in [6.45, 7) is 6.83. The number of anilines is 1. The van der Waals surface area contributed by atoms with Crippen molar-refractivity contribution < 1.29 is 4.52 Å². The van der Waals surface area contributed by atoms with Gasteiger partial charge < -0.3 is 9.42 Å². The molecule has 1 rings (SSSR count). The molecule has 0 aliphatic rings. The van der Waals surface area contributed by atoms with E-state index in [4.69, 9.17) is 4.52 Å². The van der Waals surface area contributed by atoms with Crippen molar-refractivity contribution in [1.82, 2.24) is 5.16 Å². The molecule has 2 unspecified atom stereocenters. The molecule has 0 aliphatic carbocycles. The van der Waals surface area contributed by atoms with Crippen LogP contribution in [0.15, 0.2) is 10.6 Å². The first-order valence-corrected chi connectivity index (χ1v) is 7.22.